The Morgan fingerprint density at radius 2 is 1.78 bits per heavy atom. The van der Waals surface area contributed by atoms with Gasteiger partial charge in [-0.3, -0.25) is 9.59 Å². The number of hydrogen-bond acceptors (Lipinski definition) is 5. The molecular weight excluding hydrogens is 406 g/mol. The third-order valence-electron chi connectivity index (χ3n) is 6.15. The number of pyridine rings is 1. The van der Waals surface area contributed by atoms with Crippen LogP contribution in [0.15, 0.2) is 54.7 Å². The molecule has 166 valence electrons. The van der Waals surface area contributed by atoms with Crippen molar-refractivity contribution in [3.8, 4) is 22.6 Å². The van der Waals surface area contributed by atoms with Gasteiger partial charge in [-0.25, -0.2) is 4.98 Å². The summed E-state index contributed by atoms with van der Waals surface area (Å²) < 4.78 is 10.8. The molecule has 3 aromatic rings. The molecule has 0 radical (unpaired) electrons. The van der Waals surface area contributed by atoms with Crippen LogP contribution >= 0.6 is 0 Å². The molecule has 1 aliphatic heterocycles. The summed E-state index contributed by atoms with van der Waals surface area (Å²) in [6, 6.07) is 14.9. The Morgan fingerprint density at radius 3 is 2.47 bits per heavy atom. The van der Waals surface area contributed by atoms with Gasteiger partial charge in [0.25, 0.3) is 5.91 Å². The van der Waals surface area contributed by atoms with Crippen molar-refractivity contribution in [3.05, 3.63) is 71.4 Å². The maximum Gasteiger partial charge on any atom is 0.251 e. The summed E-state index contributed by atoms with van der Waals surface area (Å²) in [7, 11) is 1.61. The summed E-state index contributed by atoms with van der Waals surface area (Å²) >= 11 is 0. The third kappa shape index (κ3) is 3.45. The number of nitrogens with one attached hydrogen (secondary N) is 2. The van der Waals surface area contributed by atoms with E-state index in [4.69, 9.17) is 9.47 Å². The van der Waals surface area contributed by atoms with Gasteiger partial charge in [-0.2, -0.15) is 0 Å². The Balaban J connectivity index is 0.00000162. The number of fused-ring (bicyclic) bond motifs is 1. The van der Waals surface area contributed by atoms with Crippen molar-refractivity contribution >= 4 is 17.6 Å². The van der Waals surface area contributed by atoms with Gasteiger partial charge < -0.3 is 20.1 Å². The molecule has 1 fully saturated rings. The van der Waals surface area contributed by atoms with Crippen molar-refractivity contribution in [2.24, 2.45) is 0 Å². The molecule has 0 bridgehead atoms. The predicted molar refractivity (Wildman–Crippen MR) is 124 cm³/mol. The lowest BCUT2D eigenvalue weighted by atomic mass is 9.94. The zero-order valence-electron chi connectivity index (χ0n) is 17.9. The van der Waals surface area contributed by atoms with Crippen molar-refractivity contribution in [1.29, 1.82) is 0 Å². The van der Waals surface area contributed by atoms with Crippen molar-refractivity contribution in [2.75, 3.05) is 19.2 Å². The molecule has 1 aromatic heterocycles. The van der Waals surface area contributed by atoms with Crippen LogP contribution in [0.4, 0.5) is 5.82 Å². The van der Waals surface area contributed by atoms with Gasteiger partial charge in [-0.1, -0.05) is 18.2 Å². The van der Waals surface area contributed by atoms with Crippen LogP contribution in [-0.2, 0) is 10.2 Å². The van der Waals surface area contributed by atoms with Crippen LogP contribution in [-0.4, -0.2) is 30.6 Å². The molecule has 2 aromatic carbocycles. The molecule has 7 heteroatoms. The molecule has 1 aliphatic carbocycles. The lowest BCUT2D eigenvalue weighted by Crippen LogP contribution is -2.28. The van der Waals surface area contributed by atoms with Crippen molar-refractivity contribution in [2.45, 2.75) is 25.2 Å². The van der Waals surface area contributed by atoms with Gasteiger partial charge in [-0.05, 0) is 66.8 Å². The van der Waals surface area contributed by atoms with Crippen LogP contribution in [0.5, 0.6) is 11.5 Å². The topological polar surface area (TPSA) is 89.6 Å². The van der Waals surface area contributed by atoms with E-state index in [1.807, 2.05) is 43.3 Å². The van der Waals surface area contributed by atoms with E-state index < -0.39 is 5.41 Å². The normalized spacial score (nSPS) is 15.2. The summed E-state index contributed by atoms with van der Waals surface area (Å²) in [5.74, 6) is 1.72. The minimum absolute atomic E-state index is 0. The Labute approximate surface area is 188 Å². The molecule has 5 rings (SSSR count). The molecule has 2 aliphatic rings. The minimum atomic E-state index is -0.551. The lowest BCUT2D eigenvalue weighted by Gasteiger charge is -2.16. The van der Waals surface area contributed by atoms with E-state index in [9.17, 15) is 9.59 Å². The maximum absolute atomic E-state index is 13.1. The van der Waals surface area contributed by atoms with E-state index in [1.165, 1.54) is 0 Å². The summed E-state index contributed by atoms with van der Waals surface area (Å²) in [4.78, 5) is 29.3. The molecule has 2 N–H and O–H groups in total. The van der Waals surface area contributed by atoms with Gasteiger partial charge in [0.2, 0.25) is 12.7 Å². The fourth-order valence-electron chi connectivity index (χ4n) is 4.07. The van der Waals surface area contributed by atoms with E-state index in [0.717, 1.165) is 35.1 Å². The SMILES string of the molecule is CNC(=O)c1ccc(-c2cnc(NC(=O)C3(c4ccc5c(c4)OCO5)CC3)cc2C)cc1.[HH].[HH]. The van der Waals surface area contributed by atoms with E-state index >= 15 is 0 Å². The summed E-state index contributed by atoms with van der Waals surface area (Å²) in [6.45, 7) is 2.19. The monoisotopic (exact) mass is 433 g/mol. The highest BCUT2D eigenvalue weighted by atomic mass is 16.7. The number of rotatable bonds is 5. The van der Waals surface area contributed by atoms with Gasteiger partial charge in [0, 0.05) is 27.2 Å². The van der Waals surface area contributed by atoms with Crippen molar-refractivity contribution in [1.82, 2.24) is 10.3 Å². The maximum atomic E-state index is 13.1. The van der Waals surface area contributed by atoms with Crippen LogP contribution < -0.4 is 20.1 Å². The molecule has 2 heterocycles. The number of aryl methyl sites for hydroxylation is 1. The molecule has 0 saturated heterocycles. The highest BCUT2D eigenvalue weighted by Crippen LogP contribution is 2.51. The largest absolute Gasteiger partial charge is 0.454 e. The van der Waals surface area contributed by atoms with E-state index in [-0.39, 0.29) is 21.5 Å². The molecule has 32 heavy (non-hydrogen) atoms. The van der Waals surface area contributed by atoms with Crippen LogP contribution in [0.1, 0.15) is 37.2 Å². The molecule has 1 saturated carbocycles. The lowest BCUT2D eigenvalue weighted by molar-refractivity contribution is -0.118. The fraction of sp³-hybridized carbons (Fsp3) is 0.240. The van der Waals surface area contributed by atoms with Crippen molar-refractivity contribution < 1.29 is 21.9 Å². The summed E-state index contributed by atoms with van der Waals surface area (Å²) in [5.41, 5.74) is 3.87. The third-order valence-corrected chi connectivity index (χ3v) is 6.15. The first-order chi connectivity index (χ1) is 15.5. The standard InChI is InChI=1S/C25H23N3O4.2H2/c1-15-11-22(27-13-19(15)16-3-5-17(6-4-16)23(29)26-2)28-24(30)25(9-10-25)18-7-8-20-21(12-18)32-14-31-20;;/h3-8,11-13H,9-10,14H2,1-2H3,(H,26,29)(H,27,28,30);2*1H. The number of nitrogens with zero attached hydrogens (tertiary/aromatic N) is 1. The first kappa shape index (κ1) is 20.1. The second kappa shape index (κ2) is 7.67. The zero-order valence-corrected chi connectivity index (χ0v) is 17.9. The van der Waals surface area contributed by atoms with Crippen LogP contribution in [0.2, 0.25) is 0 Å². The smallest absolute Gasteiger partial charge is 0.251 e. The highest BCUT2D eigenvalue weighted by molar-refractivity contribution is 6.01. The number of hydrogen-bond donors (Lipinski definition) is 2. The second-order valence-electron chi connectivity index (χ2n) is 8.15. The highest BCUT2D eigenvalue weighted by Gasteiger charge is 2.51. The predicted octanol–water partition coefficient (Wildman–Crippen LogP) is 4.31. The number of carbonyl (C=O) groups excluding carboxylic acids is 2. The fourth-order valence-corrected chi connectivity index (χ4v) is 4.07. The van der Waals surface area contributed by atoms with E-state index in [1.54, 1.807) is 25.4 Å². The first-order valence-electron chi connectivity index (χ1n) is 10.5. The second-order valence-corrected chi connectivity index (χ2v) is 8.15. The number of ether oxygens (including phenoxy) is 2. The number of aromatic nitrogens is 1. The summed E-state index contributed by atoms with van der Waals surface area (Å²) in [5, 5.41) is 5.60. The average Bonchev–Trinajstić information content (AvgIpc) is 3.49. The summed E-state index contributed by atoms with van der Waals surface area (Å²) in [6.07, 6.45) is 3.32. The van der Waals surface area contributed by atoms with Crippen LogP contribution in [0.25, 0.3) is 11.1 Å². The van der Waals surface area contributed by atoms with Crippen LogP contribution in [0.3, 0.4) is 0 Å². The Hall–Kier alpha value is -3.87. The van der Waals surface area contributed by atoms with Gasteiger partial charge in [-0.15, -0.1) is 0 Å². The number of amides is 2. The zero-order chi connectivity index (χ0) is 22.3. The quantitative estimate of drug-likeness (QED) is 0.626. The Morgan fingerprint density at radius 1 is 1.03 bits per heavy atom. The molecule has 7 nitrogen and oxygen atoms in total. The molecular formula is C25H27N3O4. The van der Waals surface area contributed by atoms with E-state index in [0.29, 0.717) is 22.9 Å². The van der Waals surface area contributed by atoms with Crippen molar-refractivity contribution in [3.63, 3.8) is 0 Å². The van der Waals surface area contributed by atoms with Crippen LogP contribution in [0, 0.1) is 6.92 Å². The first-order valence-corrected chi connectivity index (χ1v) is 10.5. The van der Waals surface area contributed by atoms with Gasteiger partial charge in [0.05, 0.1) is 5.41 Å². The van der Waals surface area contributed by atoms with E-state index in [2.05, 4.69) is 15.6 Å². The van der Waals surface area contributed by atoms with Gasteiger partial charge >= 0.3 is 0 Å². The number of anilines is 1. The molecule has 0 unspecified atom stereocenters. The van der Waals surface area contributed by atoms with Gasteiger partial charge in [0.1, 0.15) is 5.82 Å². The Kier molecular flexibility index (Phi) is 4.81. The molecule has 0 spiro atoms. The number of carbonyl (C=O) groups is 2. The minimum Gasteiger partial charge on any atom is -0.454 e. The number of benzene rings is 2. The average molecular weight is 434 g/mol. The molecule has 0 atom stereocenters. The van der Waals surface area contributed by atoms with Gasteiger partial charge in [0.15, 0.2) is 11.5 Å². The Bertz CT molecular complexity index is 1230. The molecule has 2 amide bonds.